The van der Waals surface area contributed by atoms with E-state index in [-0.39, 0.29) is 24.4 Å². The molecule has 2 atom stereocenters. The number of nitrogens with one attached hydrogen (secondary N) is 1. The van der Waals surface area contributed by atoms with Crippen LogP contribution in [0.25, 0.3) is 0 Å². The molecule has 1 heterocycles. The number of rotatable bonds is 3. The molecule has 0 saturated carbocycles. The second-order valence-electron chi connectivity index (χ2n) is 4.46. The third-order valence-corrected chi connectivity index (χ3v) is 3.00. The minimum Gasteiger partial charge on any atom is -0.379 e. The van der Waals surface area contributed by atoms with Crippen molar-refractivity contribution in [2.24, 2.45) is 5.73 Å². The summed E-state index contributed by atoms with van der Waals surface area (Å²) in [5.41, 5.74) is 7.91. The summed E-state index contributed by atoms with van der Waals surface area (Å²) in [7, 11) is 0. The molecule has 0 bridgehead atoms. The Morgan fingerprint density at radius 1 is 1.44 bits per heavy atom. The molecule has 5 heteroatoms. The maximum absolute atomic E-state index is 11.9. The summed E-state index contributed by atoms with van der Waals surface area (Å²) >= 11 is 0. The average Bonchev–Trinajstić information content (AvgIpc) is 2.82. The number of aryl methyl sites for hydroxylation is 1. The van der Waals surface area contributed by atoms with Crippen molar-refractivity contribution in [3.8, 4) is 0 Å². The molecule has 0 aromatic heterocycles. The van der Waals surface area contributed by atoms with Crippen LogP contribution < -0.4 is 11.1 Å². The Kier molecular flexibility index (Phi) is 5.59. The fourth-order valence-corrected chi connectivity index (χ4v) is 1.86. The molecule has 1 fully saturated rings. The number of carbonyl (C=O) groups excluding carboxylic acids is 1. The average molecular weight is 271 g/mol. The van der Waals surface area contributed by atoms with Crippen LogP contribution in [0.3, 0.4) is 0 Å². The lowest BCUT2D eigenvalue weighted by atomic mass is 10.0. The van der Waals surface area contributed by atoms with E-state index < -0.39 is 6.04 Å². The number of amides is 1. The van der Waals surface area contributed by atoms with Crippen LogP contribution in [-0.4, -0.2) is 25.2 Å². The summed E-state index contributed by atoms with van der Waals surface area (Å²) in [5, 5.41) is 2.90. The first-order valence-corrected chi connectivity index (χ1v) is 5.87. The Morgan fingerprint density at radius 3 is 2.67 bits per heavy atom. The van der Waals surface area contributed by atoms with E-state index in [9.17, 15) is 4.79 Å². The van der Waals surface area contributed by atoms with E-state index in [1.54, 1.807) is 0 Å². The third kappa shape index (κ3) is 3.70. The molecule has 0 aliphatic carbocycles. The predicted molar refractivity (Wildman–Crippen MR) is 72.7 cm³/mol. The van der Waals surface area contributed by atoms with Gasteiger partial charge < -0.3 is 15.8 Å². The van der Waals surface area contributed by atoms with Gasteiger partial charge in [0.2, 0.25) is 5.91 Å². The highest BCUT2D eigenvalue weighted by Gasteiger charge is 2.22. The van der Waals surface area contributed by atoms with Crippen LogP contribution in [0.15, 0.2) is 24.3 Å². The standard InChI is InChI=1S/C13H18N2O2.ClH/c1-9-2-4-10(5-3-9)12(14)13(16)15-11-6-7-17-8-11;/h2-5,11-12H,6-8,14H2,1H3,(H,15,16);1H. The third-order valence-electron chi connectivity index (χ3n) is 3.00. The molecule has 1 saturated heterocycles. The van der Waals surface area contributed by atoms with Crippen LogP contribution in [-0.2, 0) is 9.53 Å². The van der Waals surface area contributed by atoms with Crippen molar-refractivity contribution >= 4 is 18.3 Å². The maximum Gasteiger partial charge on any atom is 0.241 e. The Morgan fingerprint density at radius 2 is 2.11 bits per heavy atom. The van der Waals surface area contributed by atoms with Crippen LogP contribution in [0.1, 0.15) is 23.6 Å². The lowest BCUT2D eigenvalue weighted by Crippen LogP contribution is -2.41. The normalized spacial score (nSPS) is 20.0. The van der Waals surface area contributed by atoms with Gasteiger partial charge in [-0.2, -0.15) is 0 Å². The molecule has 0 spiro atoms. The first-order chi connectivity index (χ1) is 8.16. The summed E-state index contributed by atoms with van der Waals surface area (Å²) in [6.07, 6.45) is 0.867. The van der Waals surface area contributed by atoms with Gasteiger partial charge in [-0.3, -0.25) is 4.79 Å². The lowest BCUT2D eigenvalue weighted by molar-refractivity contribution is -0.123. The van der Waals surface area contributed by atoms with Crippen LogP contribution in [0.5, 0.6) is 0 Å². The topological polar surface area (TPSA) is 64.4 Å². The van der Waals surface area contributed by atoms with Crippen LogP contribution in [0.2, 0.25) is 0 Å². The number of benzene rings is 1. The van der Waals surface area contributed by atoms with Crippen LogP contribution >= 0.6 is 12.4 Å². The fourth-order valence-electron chi connectivity index (χ4n) is 1.86. The molecule has 18 heavy (non-hydrogen) atoms. The summed E-state index contributed by atoms with van der Waals surface area (Å²) < 4.78 is 5.20. The molecule has 3 N–H and O–H groups in total. The summed E-state index contributed by atoms with van der Waals surface area (Å²) in [6.45, 7) is 3.31. The van der Waals surface area contributed by atoms with Gasteiger partial charge in [-0.05, 0) is 18.9 Å². The zero-order chi connectivity index (χ0) is 12.3. The first kappa shape index (κ1) is 15.0. The van der Waals surface area contributed by atoms with Gasteiger partial charge in [-0.25, -0.2) is 0 Å². The van der Waals surface area contributed by atoms with Gasteiger partial charge in [0.05, 0.1) is 12.6 Å². The van der Waals surface area contributed by atoms with Crippen molar-refractivity contribution in [2.45, 2.75) is 25.4 Å². The molecule has 1 aliphatic rings. The minimum atomic E-state index is -0.601. The van der Waals surface area contributed by atoms with E-state index >= 15 is 0 Å². The van der Waals surface area contributed by atoms with Crippen molar-refractivity contribution in [3.63, 3.8) is 0 Å². The molecule has 100 valence electrons. The number of ether oxygens (including phenoxy) is 1. The second-order valence-corrected chi connectivity index (χ2v) is 4.46. The van der Waals surface area contributed by atoms with Crippen molar-refractivity contribution in [1.82, 2.24) is 5.32 Å². The molecular weight excluding hydrogens is 252 g/mol. The maximum atomic E-state index is 11.9. The van der Waals surface area contributed by atoms with E-state index in [0.717, 1.165) is 17.5 Å². The van der Waals surface area contributed by atoms with Crippen molar-refractivity contribution < 1.29 is 9.53 Å². The van der Waals surface area contributed by atoms with E-state index in [4.69, 9.17) is 10.5 Å². The van der Waals surface area contributed by atoms with Crippen LogP contribution in [0.4, 0.5) is 0 Å². The van der Waals surface area contributed by atoms with E-state index in [0.29, 0.717) is 13.2 Å². The van der Waals surface area contributed by atoms with Crippen molar-refractivity contribution in [3.05, 3.63) is 35.4 Å². The smallest absolute Gasteiger partial charge is 0.241 e. The molecule has 0 radical (unpaired) electrons. The van der Waals surface area contributed by atoms with Crippen LogP contribution in [0, 0.1) is 6.92 Å². The quantitative estimate of drug-likeness (QED) is 0.871. The zero-order valence-corrected chi connectivity index (χ0v) is 11.2. The predicted octanol–water partition coefficient (Wildman–Crippen LogP) is 1.32. The molecule has 2 rings (SSSR count). The summed E-state index contributed by atoms with van der Waals surface area (Å²) in [5.74, 6) is -0.135. The monoisotopic (exact) mass is 270 g/mol. The molecule has 1 aliphatic heterocycles. The number of hydrogen-bond donors (Lipinski definition) is 2. The molecule has 1 amide bonds. The van der Waals surface area contributed by atoms with Gasteiger partial charge in [-0.1, -0.05) is 29.8 Å². The largest absolute Gasteiger partial charge is 0.379 e. The minimum absolute atomic E-state index is 0. The SMILES string of the molecule is Cc1ccc(C(N)C(=O)NC2CCOC2)cc1.Cl. The van der Waals surface area contributed by atoms with Gasteiger partial charge in [-0.15, -0.1) is 12.4 Å². The highest BCUT2D eigenvalue weighted by atomic mass is 35.5. The van der Waals surface area contributed by atoms with Gasteiger partial charge in [0, 0.05) is 6.61 Å². The molecule has 1 aromatic rings. The summed E-state index contributed by atoms with van der Waals surface area (Å²) in [6, 6.07) is 7.22. The molecular formula is C13H19ClN2O2. The van der Waals surface area contributed by atoms with Crippen molar-refractivity contribution in [2.75, 3.05) is 13.2 Å². The zero-order valence-electron chi connectivity index (χ0n) is 10.4. The lowest BCUT2D eigenvalue weighted by Gasteiger charge is -2.16. The fraction of sp³-hybridized carbons (Fsp3) is 0.462. The number of hydrogen-bond acceptors (Lipinski definition) is 3. The van der Waals surface area contributed by atoms with E-state index in [1.807, 2.05) is 31.2 Å². The Hall–Kier alpha value is -1.10. The number of nitrogens with two attached hydrogens (primary N) is 1. The van der Waals surface area contributed by atoms with Crippen molar-refractivity contribution in [1.29, 1.82) is 0 Å². The number of carbonyl (C=O) groups is 1. The summed E-state index contributed by atoms with van der Waals surface area (Å²) in [4.78, 5) is 11.9. The van der Waals surface area contributed by atoms with Gasteiger partial charge >= 0.3 is 0 Å². The Bertz CT molecular complexity index is 388. The first-order valence-electron chi connectivity index (χ1n) is 5.87. The van der Waals surface area contributed by atoms with Gasteiger partial charge in [0.1, 0.15) is 6.04 Å². The van der Waals surface area contributed by atoms with E-state index in [1.165, 1.54) is 0 Å². The number of halogens is 1. The highest BCUT2D eigenvalue weighted by Crippen LogP contribution is 2.12. The highest BCUT2D eigenvalue weighted by molar-refractivity contribution is 5.85. The molecule has 4 nitrogen and oxygen atoms in total. The Balaban J connectivity index is 0.00000162. The second kappa shape index (κ2) is 6.73. The van der Waals surface area contributed by atoms with Gasteiger partial charge in [0.15, 0.2) is 0 Å². The molecule has 2 unspecified atom stereocenters. The Labute approximate surface area is 113 Å². The van der Waals surface area contributed by atoms with E-state index in [2.05, 4.69) is 5.32 Å². The van der Waals surface area contributed by atoms with Gasteiger partial charge in [0.25, 0.3) is 0 Å². The molecule has 1 aromatic carbocycles.